The highest BCUT2D eigenvalue weighted by atomic mass is 19.4. The fourth-order valence-electron chi connectivity index (χ4n) is 2.06. The number of aromatic nitrogens is 2. The highest BCUT2D eigenvalue weighted by molar-refractivity contribution is 5.95. The van der Waals surface area contributed by atoms with Gasteiger partial charge in [0, 0.05) is 6.54 Å². The average Bonchev–Trinajstić information content (AvgIpc) is 3.01. The molecule has 0 aliphatic carbocycles. The van der Waals surface area contributed by atoms with E-state index in [-0.39, 0.29) is 12.2 Å². The Bertz CT molecular complexity index is 758. The Kier molecular flexibility index (Phi) is 4.86. The summed E-state index contributed by atoms with van der Waals surface area (Å²) in [4.78, 5) is 21.9. The van der Waals surface area contributed by atoms with E-state index in [0.29, 0.717) is 5.56 Å². The van der Waals surface area contributed by atoms with Gasteiger partial charge in [-0.3, -0.25) is 20.0 Å². The van der Waals surface area contributed by atoms with Crippen molar-refractivity contribution in [2.24, 2.45) is 0 Å². The van der Waals surface area contributed by atoms with Crippen molar-refractivity contribution in [1.82, 2.24) is 15.5 Å². The van der Waals surface area contributed by atoms with Crippen LogP contribution in [-0.4, -0.2) is 27.6 Å². The van der Waals surface area contributed by atoms with E-state index in [0.717, 1.165) is 18.3 Å². The average molecular weight is 342 g/mol. The number of amides is 1. The van der Waals surface area contributed by atoms with Crippen molar-refractivity contribution < 1.29 is 22.9 Å². The second-order valence-corrected chi connectivity index (χ2v) is 5.12. The van der Waals surface area contributed by atoms with Crippen LogP contribution in [0.3, 0.4) is 0 Å². The fourth-order valence-corrected chi connectivity index (χ4v) is 2.06. The predicted molar refractivity (Wildman–Crippen MR) is 77.4 cm³/mol. The first-order chi connectivity index (χ1) is 11.2. The van der Waals surface area contributed by atoms with Crippen LogP contribution in [0.25, 0.3) is 0 Å². The zero-order valence-corrected chi connectivity index (χ0v) is 12.4. The second kappa shape index (κ2) is 6.69. The first kappa shape index (κ1) is 17.4. The molecule has 10 heteroatoms. The van der Waals surface area contributed by atoms with Gasteiger partial charge in [-0.05, 0) is 17.5 Å². The molecular weight excluding hydrogens is 329 g/mol. The number of rotatable bonds is 5. The topological polar surface area (TPSA) is 101 Å². The van der Waals surface area contributed by atoms with Gasteiger partial charge in [-0.1, -0.05) is 25.1 Å². The molecule has 0 fully saturated rings. The van der Waals surface area contributed by atoms with Gasteiger partial charge in [0.2, 0.25) is 5.69 Å². The molecule has 1 aromatic heterocycles. The van der Waals surface area contributed by atoms with Crippen LogP contribution in [0.1, 0.15) is 34.5 Å². The molecule has 2 N–H and O–H groups in total. The van der Waals surface area contributed by atoms with Crippen molar-refractivity contribution in [2.75, 3.05) is 6.54 Å². The van der Waals surface area contributed by atoms with Crippen LogP contribution in [0.2, 0.25) is 0 Å². The van der Waals surface area contributed by atoms with Crippen molar-refractivity contribution >= 4 is 11.6 Å². The minimum Gasteiger partial charge on any atom is -0.350 e. The third-order valence-corrected chi connectivity index (χ3v) is 3.39. The zero-order chi connectivity index (χ0) is 17.9. The first-order valence-corrected chi connectivity index (χ1v) is 6.83. The van der Waals surface area contributed by atoms with Gasteiger partial charge in [-0.2, -0.15) is 18.3 Å². The molecule has 2 aromatic rings. The van der Waals surface area contributed by atoms with E-state index in [1.54, 1.807) is 6.92 Å². The van der Waals surface area contributed by atoms with E-state index in [1.807, 2.05) is 0 Å². The number of nitrogens with one attached hydrogen (secondary N) is 2. The Hall–Kier alpha value is -2.91. The minimum absolute atomic E-state index is 0.0102. The second-order valence-electron chi connectivity index (χ2n) is 5.12. The van der Waals surface area contributed by atoms with Gasteiger partial charge in [-0.15, -0.1) is 0 Å². The molecule has 0 radical (unpaired) electrons. The van der Waals surface area contributed by atoms with Crippen molar-refractivity contribution in [3.05, 3.63) is 57.4 Å². The molecule has 24 heavy (non-hydrogen) atoms. The van der Waals surface area contributed by atoms with E-state index in [2.05, 4.69) is 15.5 Å². The molecule has 1 aromatic carbocycles. The minimum atomic E-state index is -4.45. The maximum absolute atomic E-state index is 12.7. The number of hydrogen-bond donors (Lipinski definition) is 2. The molecule has 0 saturated carbocycles. The Morgan fingerprint density at radius 1 is 1.46 bits per heavy atom. The molecule has 0 aliphatic heterocycles. The number of hydrogen-bond acceptors (Lipinski definition) is 4. The number of benzene rings is 1. The van der Waals surface area contributed by atoms with Crippen molar-refractivity contribution in [2.45, 2.75) is 19.0 Å². The normalized spacial score (nSPS) is 12.7. The van der Waals surface area contributed by atoms with Gasteiger partial charge >= 0.3 is 11.9 Å². The highest BCUT2D eigenvalue weighted by Crippen LogP contribution is 2.31. The van der Waals surface area contributed by atoms with Gasteiger partial charge in [0.25, 0.3) is 5.91 Å². The lowest BCUT2D eigenvalue weighted by atomic mass is 9.99. The number of carbonyl (C=O) groups excluding carboxylic acids is 1. The molecule has 1 atom stereocenters. The van der Waals surface area contributed by atoms with Crippen LogP contribution in [-0.2, 0) is 6.18 Å². The van der Waals surface area contributed by atoms with E-state index in [9.17, 15) is 28.1 Å². The van der Waals surface area contributed by atoms with Gasteiger partial charge in [0.15, 0.2) is 0 Å². The summed E-state index contributed by atoms with van der Waals surface area (Å²) >= 11 is 0. The number of nitro groups is 1. The largest absolute Gasteiger partial charge is 0.416 e. The number of aromatic amines is 1. The molecule has 0 saturated heterocycles. The molecule has 0 unspecified atom stereocenters. The molecule has 1 heterocycles. The SMILES string of the molecule is C[C@@H](CNC(=O)c1[nH]ncc1[N+](=O)[O-])c1cccc(C(F)(F)F)c1. The summed E-state index contributed by atoms with van der Waals surface area (Å²) in [6.07, 6.45) is -3.54. The van der Waals surface area contributed by atoms with Crippen molar-refractivity contribution in [1.29, 1.82) is 0 Å². The lowest BCUT2D eigenvalue weighted by molar-refractivity contribution is -0.385. The summed E-state index contributed by atoms with van der Waals surface area (Å²) in [6, 6.07) is 4.78. The first-order valence-electron chi connectivity index (χ1n) is 6.83. The van der Waals surface area contributed by atoms with E-state index < -0.39 is 34.2 Å². The van der Waals surface area contributed by atoms with Crippen LogP contribution < -0.4 is 5.32 Å². The Balaban J connectivity index is 2.05. The standard InChI is InChI=1S/C14H13F3N4O3/c1-8(9-3-2-4-10(5-9)14(15,16)17)6-18-13(22)12-11(21(23)24)7-19-20-12/h2-5,7-8H,6H2,1H3,(H,18,22)(H,19,20)/t8-/m0/s1. The van der Waals surface area contributed by atoms with Crippen LogP contribution >= 0.6 is 0 Å². The van der Waals surface area contributed by atoms with Crippen LogP contribution in [0.15, 0.2) is 30.5 Å². The molecule has 7 nitrogen and oxygen atoms in total. The highest BCUT2D eigenvalue weighted by Gasteiger charge is 2.30. The van der Waals surface area contributed by atoms with Crippen LogP contribution in [0.4, 0.5) is 18.9 Å². The van der Waals surface area contributed by atoms with E-state index in [4.69, 9.17) is 0 Å². The maximum atomic E-state index is 12.7. The monoisotopic (exact) mass is 342 g/mol. The maximum Gasteiger partial charge on any atom is 0.416 e. The van der Waals surface area contributed by atoms with Crippen LogP contribution in [0.5, 0.6) is 0 Å². The summed E-state index contributed by atoms with van der Waals surface area (Å²) < 4.78 is 38.1. The summed E-state index contributed by atoms with van der Waals surface area (Å²) in [6.45, 7) is 1.65. The third-order valence-electron chi connectivity index (χ3n) is 3.39. The number of halogens is 3. The van der Waals surface area contributed by atoms with E-state index in [1.165, 1.54) is 12.1 Å². The fraction of sp³-hybridized carbons (Fsp3) is 0.286. The summed E-state index contributed by atoms with van der Waals surface area (Å²) in [7, 11) is 0. The Morgan fingerprint density at radius 2 is 2.17 bits per heavy atom. The number of carbonyl (C=O) groups is 1. The Morgan fingerprint density at radius 3 is 2.79 bits per heavy atom. The van der Waals surface area contributed by atoms with Crippen molar-refractivity contribution in [3.63, 3.8) is 0 Å². The smallest absolute Gasteiger partial charge is 0.350 e. The molecule has 0 bridgehead atoms. The summed E-state index contributed by atoms with van der Waals surface area (Å²) in [5.41, 5.74) is -1.16. The molecule has 1 amide bonds. The predicted octanol–water partition coefficient (Wildman–Crippen LogP) is 2.87. The quantitative estimate of drug-likeness (QED) is 0.644. The molecule has 2 rings (SSSR count). The number of nitrogens with zero attached hydrogens (tertiary/aromatic N) is 2. The number of H-pyrrole nitrogens is 1. The molecular formula is C14H13F3N4O3. The lowest BCUT2D eigenvalue weighted by Crippen LogP contribution is -2.28. The summed E-state index contributed by atoms with van der Waals surface area (Å²) in [5, 5.41) is 18.8. The van der Waals surface area contributed by atoms with E-state index >= 15 is 0 Å². The van der Waals surface area contributed by atoms with Crippen molar-refractivity contribution in [3.8, 4) is 0 Å². The lowest BCUT2D eigenvalue weighted by Gasteiger charge is -2.15. The van der Waals surface area contributed by atoms with Gasteiger partial charge < -0.3 is 5.32 Å². The molecule has 0 spiro atoms. The zero-order valence-electron chi connectivity index (χ0n) is 12.4. The molecule has 128 valence electrons. The number of alkyl halides is 3. The van der Waals surface area contributed by atoms with Gasteiger partial charge in [0.05, 0.1) is 10.5 Å². The Labute approximate surface area is 134 Å². The van der Waals surface area contributed by atoms with Gasteiger partial charge in [-0.25, -0.2) is 0 Å². The van der Waals surface area contributed by atoms with Gasteiger partial charge in [0.1, 0.15) is 6.20 Å². The summed E-state index contributed by atoms with van der Waals surface area (Å²) in [5.74, 6) is -1.17. The third kappa shape index (κ3) is 3.89. The van der Waals surface area contributed by atoms with Crippen LogP contribution in [0, 0.1) is 10.1 Å². The molecule has 0 aliphatic rings.